The van der Waals surface area contributed by atoms with Crippen molar-refractivity contribution in [2.24, 2.45) is 5.92 Å². The minimum absolute atomic E-state index is 0.771. The van der Waals surface area contributed by atoms with Crippen molar-refractivity contribution in [2.75, 3.05) is 0 Å². The maximum atomic E-state index is 2.44. The van der Waals surface area contributed by atoms with Crippen molar-refractivity contribution >= 4 is 8.07 Å². The summed E-state index contributed by atoms with van der Waals surface area (Å²) in [4.78, 5) is 0. The Morgan fingerprint density at radius 1 is 1.00 bits per heavy atom. The molecule has 0 nitrogen and oxygen atoms in total. The quantitative estimate of drug-likeness (QED) is 0.459. The molecule has 0 aromatic rings. The second-order valence-corrected chi connectivity index (χ2v) is 10.4. The Kier molecular flexibility index (Phi) is 5.31. The van der Waals surface area contributed by atoms with Gasteiger partial charge in [0.15, 0.2) is 0 Å². The molecule has 0 fully saturated rings. The van der Waals surface area contributed by atoms with E-state index in [0.29, 0.717) is 0 Å². The van der Waals surface area contributed by atoms with Gasteiger partial charge in [-0.05, 0) is 18.4 Å². The molecule has 1 atom stereocenters. The highest BCUT2D eigenvalue weighted by atomic mass is 28.3. The molecule has 0 aromatic carbocycles. The summed E-state index contributed by atoms with van der Waals surface area (Å²) >= 11 is 0. The van der Waals surface area contributed by atoms with Gasteiger partial charge in [-0.3, -0.25) is 0 Å². The normalized spacial score (nSPS) is 16.2. The molecule has 1 heteroatoms. The monoisotopic (exact) mass is 196 g/mol. The fourth-order valence-corrected chi connectivity index (χ4v) is 4.49. The third kappa shape index (κ3) is 5.09. The van der Waals surface area contributed by atoms with Crippen molar-refractivity contribution in [1.82, 2.24) is 0 Å². The van der Waals surface area contributed by atoms with Crippen LogP contribution >= 0.6 is 0 Å². The lowest BCUT2D eigenvalue weighted by Gasteiger charge is -2.29. The first-order valence-electron chi connectivity index (χ1n) is 5.19. The molecule has 0 aliphatic rings. The van der Waals surface area contributed by atoms with E-state index in [-0.39, 0.29) is 0 Å². The third-order valence-electron chi connectivity index (χ3n) is 2.34. The topological polar surface area (TPSA) is 0 Å². The van der Waals surface area contributed by atoms with E-state index in [9.17, 15) is 0 Å². The molecule has 0 aliphatic heterocycles. The standard InChI is InChI=1S/C12H24Si/c1-7-8-9-10-12(11(2)3)13(4,5)6/h7-12H,1-6H3/b8-7+,10-9-/t12-/m0/s1. The van der Waals surface area contributed by atoms with Crippen LogP contribution in [-0.2, 0) is 0 Å². The molecule has 0 N–H and O–H groups in total. The Morgan fingerprint density at radius 3 is 1.85 bits per heavy atom. The average molecular weight is 196 g/mol. The molecular weight excluding hydrogens is 172 g/mol. The lowest BCUT2D eigenvalue weighted by molar-refractivity contribution is 0.645. The smallest absolute Gasteiger partial charge is 0.0517 e. The molecule has 0 radical (unpaired) electrons. The van der Waals surface area contributed by atoms with Crippen LogP contribution in [0.2, 0.25) is 25.2 Å². The lowest BCUT2D eigenvalue weighted by Crippen LogP contribution is -2.30. The van der Waals surface area contributed by atoms with Crippen molar-refractivity contribution in [3.63, 3.8) is 0 Å². The van der Waals surface area contributed by atoms with Crippen molar-refractivity contribution in [1.29, 1.82) is 0 Å². The van der Waals surface area contributed by atoms with Gasteiger partial charge in [-0.15, -0.1) is 0 Å². The van der Waals surface area contributed by atoms with Crippen LogP contribution in [0, 0.1) is 5.92 Å². The van der Waals surface area contributed by atoms with E-state index in [1.165, 1.54) is 0 Å². The summed E-state index contributed by atoms with van der Waals surface area (Å²) in [7, 11) is -1.02. The molecular formula is C12H24Si. The molecule has 0 bridgehead atoms. The van der Waals surface area contributed by atoms with E-state index >= 15 is 0 Å². The highest BCUT2D eigenvalue weighted by Gasteiger charge is 2.26. The van der Waals surface area contributed by atoms with Gasteiger partial charge in [-0.25, -0.2) is 0 Å². The van der Waals surface area contributed by atoms with Crippen LogP contribution in [-0.4, -0.2) is 8.07 Å². The van der Waals surface area contributed by atoms with Gasteiger partial charge < -0.3 is 0 Å². The highest BCUT2D eigenvalue weighted by Crippen LogP contribution is 2.30. The van der Waals surface area contributed by atoms with Crippen molar-refractivity contribution in [3.8, 4) is 0 Å². The third-order valence-corrected chi connectivity index (χ3v) is 5.20. The first-order chi connectivity index (χ1) is 5.89. The predicted octanol–water partition coefficient (Wildman–Crippen LogP) is 4.48. The number of hydrogen-bond donors (Lipinski definition) is 0. The van der Waals surface area contributed by atoms with Gasteiger partial charge in [-0.1, -0.05) is 57.8 Å². The van der Waals surface area contributed by atoms with Crippen molar-refractivity contribution < 1.29 is 0 Å². The number of rotatable bonds is 4. The summed E-state index contributed by atoms with van der Waals surface area (Å²) in [5.74, 6) is 0.771. The molecule has 13 heavy (non-hydrogen) atoms. The molecule has 0 rings (SSSR count). The fourth-order valence-electron chi connectivity index (χ4n) is 1.81. The number of hydrogen-bond acceptors (Lipinski definition) is 0. The van der Waals surface area contributed by atoms with Gasteiger partial charge in [0.1, 0.15) is 0 Å². The van der Waals surface area contributed by atoms with E-state index in [0.717, 1.165) is 11.5 Å². The molecule has 0 aliphatic carbocycles. The summed E-state index contributed by atoms with van der Waals surface area (Å²) in [6.45, 7) is 14.0. The van der Waals surface area contributed by atoms with Gasteiger partial charge in [0.25, 0.3) is 0 Å². The SMILES string of the molecule is C/C=C/C=C\[C@@H](C(C)C)[Si](C)(C)C. The molecule has 0 spiro atoms. The van der Waals surface area contributed by atoms with E-state index in [1.807, 2.05) is 0 Å². The van der Waals surface area contributed by atoms with Crippen LogP contribution in [0.15, 0.2) is 24.3 Å². The Hall–Kier alpha value is -0.303. The van der Waals surface area contributed by atoms with Crippen LogP contribution in [0.3, 0.4) is 0 Å². The fraction of sp³-hybridized carbons (Fsp3) is 0.667. The predicted molar refractivity (Wildman–Crippen MR) is 65.9 cm³/mol. The molecule has 0 saturated heterocycles. The van der Waals surface area contributed by atoms with Crippen LogP contribution < -0.4 is 0 Å². The molecule has 0 saturated carbocycles. The van der Waals surface area contributed by atoms with E-state index in [1.54, 1.807) is 0 Å². The van der Waals surface area contributed by atoms with Crippen LogP contribution in [0.25, 0.3) is 0 Å². The maximum Gasteiger partial charge on any atom is 0.0517 e. The maximum absolute atomic E-state index is 2.44. The summed E-state index contributed by atoms with van der Waals surface area (Å²) in [6, 6.07) is 0. The second-order valence-electron chi connectivity index (χ2n) is 5.05. The summed E-state index contributed by atoms with van der Waals surface area (Å²) in [5, 5.41) is 0. The molecule has 76 valence electrons. The summed E-state index contributed by atoms with van der Waals surface area (Å²) < 4.78 is 0. The zero-order chi connectivity index (χ0) is 10.5. The van der Waals surface area contributed by atoms with E-state index < -0.39 is 8.07 Å². The summed E-state index contributed by atoms with van der Waals surface area (Å²) in [5.41, 5.74) is 0.795. The highest BCUT2D eigenvalue weighted by molar-refractivity contribution is 6.78. The first-order valence-corrected chi connectivity index (χ1v) is 8.76. The zero-order valence-electron chi connectivity index (χ0n) is 9.96. The minimum atomic E-state index is -1.02. The van der Waals surface area contributed by atoms with Gasteiger partial charge >= 0.3 is 0 Å². The van der Waals surface area contributed by atoms with Gasteiger partial charge in [0, 0.05) is 0 Å². The van der Waals surface area contributed by atoms with Crippen LogP contribution in [0.4, 0.5) is 0 Å². The molecule has 0 heterocycles. The number of allylic oxidation sites excluding steroid dienone is 4. The Balaban J connectivity index is 4.45. The molecule has 0 aromatic heterocycles. The van der Waals surface area contributed by atoms with Crippen molar-refractivity contribution in [3.05, 3.63) is 24.3 Å². The van der Waals surface area contributed by atoms with E-state index in [2.05, 4.69) is 64.7 Å². The summed E-state index contributed by atoms with van der Waals surface area (Å²) in [6.07, 6.45) is 8.79. The van der Waals surface area contributed by atoms with Crippen LogP contribution in [0.5, 0.6) is 0 Å². The second kappa shape index (κ2) is 5.43. The Bertz CT molecular complexity index is 182. The average Bonchev–Trinajstić information content (AvgIpc) is 1.94. The van der Waals surface area contributed by atoms with Crippen LogP contribution in [0.1, 0.15) is 20.8 Å². The molecule has 0 amide bonds. The lowest BCUT2D eigenvalue weighted by atomic mass is 10.1. The largest absolute Gasteiger partial charge is 0.0877 e. The van der Waals surface area contributed by atoms with E-state index in [4.69, 9.17) is 0 Å². The first kappa shape index (κ1) is 12.7. The van der Waals surface area contributed by atoms with Gasteiger partial charge in [0.2, 0.25) is 0 Å². The Labute approximate surface area is 84.8 Å². The minimum Gasteiger partial charge on any atom is -0.0877 e. The molecule has 0 unspecified atom stereocenters. The van der Waals surface area contributed by atoms with Gasteiger partial charge in [0.05, 0.1) is 8.07 Å². The zero-order valence-corrected chi connectivity index (χ0v) is 11.0. The van der Waals surface area contributed by atoms with Crippen molar-refractivity contribution in [2.45, 2.75) is 46.0 Å². The Morgan fingerprint density at radius 2 is 1.54 bits per heavy atom. The van der Waals surface area contributed by atoms with Gasteiger partial charge in [-0.2, -0.15) is 0 Å².